The molecule has 0 spiro atoms. The Morgan fingerprint density at radius 3 is 2.62 bits per heavy atom. The average Bonchev–Trinajstić information content (AvgIpc) is 2.96. The number of amides is 2. The second-order valence-electron chi connectivity index (χ2n) is 5.95. The van der Waals surface area contributed by atoms with Gasteiger partial charge in [0, 0.05) is 23.8 Å². The molecule has 1 aliphatic heterocycles. The van der Waals surface area contributed by atoms with Gasteiger partial charge in [-0.05, 0) is 48.7 Å². The zero-order valence-electron chi connectivity index (χ0n) is 13.5. The molecule has 4 nitrogen and oxygen atoms in total. The first-order valence-corrected chi connectivity index (χ1v) is 8.33. The summed E-state index contributed by atoms with van der Waals surface area (Å²) in [5.74, 6) is -0.982. The van der Waals surface area contributed by atoms with Crippen molar-refractivity contribution in [3.8, 4) is 0 Å². The molecule has 1 fully saturated rings. The van der Waals surface area contributed by atoms with Gasteiger partial charge in [-0.1, -0.05) is 35.9 Å². The van der Waals surface area contributed by atoms with Gasteiger partial charge in [0.1, 0.15) is 5.92 Å². The van der Waals surface area contributed by atoms with Crippen LogP contribution in [0, 0.1) is 12.8 Å². The van der Waals surface area contributed by atoms with E-state index >= 15 is 0 Å². The highest BCUT2D eigenvalue weighted by Crippen LogP contribution is 2.26. The fourth-order valence-corrected chi connectivity index (χ4v) is 3.04. The average molecular weight is 343 g/mol. The van der Waals surface area contributed by atoms with Gasteiger partial charge in [-0.3, -0.25) is 9.59 Å². The fraction of sp³-hybridized carbons (Fsp3) is 0.263. The molecule has 0 aromatic heterocycles. The van der Waals surface area contributed by atoms with Gasteiger partial charge in [0.05, 0.1) is 0 Å². The van der Waals surface area contributed by atoms with E-state index in [1.807, 2.05) is 31.2 Å². The van der Waals surface area contributed by atoms with E-state index in [2.05, 4.69) is 5.32 Å². The van der Waals surface area contributed by atoms with Crippen molar-refractivity contribution in [2.45, 2.75) is 19.9 Å². The lowest BCUT2D eigenvalue weighted by molar-refractivity contribution is -0.132. The molecule has 0 saturated carbocycles. The SMILES string of the molecule is Cc1ccccc1CNC(=O)[C@@H]1CCN(c2ccc(Cl)cc2)C1=O. The van der Waals surface area contributed by atoms with Crippen molar-refractivity contribution in [2.75, 3.05) is 11.4 Å². The van der Waals surface area contributed by atoms with Gasteiger partial charge < -0.3 is 10.2 Å². The summed E-state index contributed by atoms with van der Waals surface area (Å²) in [5, 5.41) is 3.51. The summed E-state index contributed by atoms with van der Waals surface area (Å²) in [4.78, 5) is 26.6. The Labute approximate surface area is 146 Å². The van der Waals surface area contributed by atoms with Gasteiger partial charge in [0.2, 0.25) is 11.8 Å². The van der Waals surface area contributed by atoms with Crippen molar-refractivity contribution in [1.29, 1.82) is 0 Å². The van der Waals surface area contributed by atoms with Crippen molar-refractivity contribution in [1.82, 2.24) is 5.32 Å². The molecule has 0 radical (unpaired) electrons. The lowest BCUT2D eigenvalue weighted by atomic mass is 10.1. The lowest BCUT2D eigenvalue weighted by Gasteiger charge is -2.17. The third-order valence-electron chi connectivity index (χ3n) is 4.37. The first-order chi connectivity index (χ1) is 11.6. The Bertz CT molecular complexity index is 758. The highest BCUT2D eigenvalue weighted by atomic mass is 35.5. The number of carbonyl (C=O) groups is 2. The number of nitrogens with zero attached hydrogens (tertiary/aromatic N) is 1. The molecule has 1 saturated heterocycles. The lowest BCUT2D eigenvalue weighted by Crippen LogP contribution is -2.36. The van der Waals surface area contributed by atoms with Crippen molar-refractivity contribution in [2.24, 2.45) is 5.92 Å². The van der Waals surface area contributed by atoms with E-state index in [-0.39, 0.29) is 11.8 Å². The summed E-state index contributed by atoms with van der Waals surface area (Å²) in [7, 11) is 0. The van der Waals surface area contributed by atoms with Crippen molar-refractivity contribution in [3.05, 3.63) is 64.7 Å². The molecule has 2 aromatic carbocycles. The third-order valence-corrected chi connectivity index (χ3v) is 4.63. The molecule has 5 heteroatoms. The van der Waals surface area contributed by atoms with E-state index in [1.165, 1.54) is 0 Å². The van der Waals surface area contributed by atoms with Gasteiger partial charge in [-0.15, -0.1) is 0 Å². The Kier molecular flexibility index (Phi) is 4.86. The molecule has 2 aromatic rings. The van der Waals surface area contributed by atoms with Gasteiger partial charge in [0.15, 0.2) is 0 Å². The van der Waals surface area contributed by atoms with Crippen molar-refractivity contribution >= 4 is 29.1 Å². The molecule has 124 valence electrons. The van der Waals surface area contributed by atoms with E-state index in [4.69, 9.17) is 11.6 Å². The zero-order valence-corrected chi connectivity index (χ0v) is 14.2. The maximum absolute atomic E-state index is 12.5. The van der Waals surface area contributed by atoms with Crippen LogP contribution in [0.1, 0.15) is 17.5 Å². The standard InChI is InChI=1S/C19H19ClN2O2/c1-13-4-2-3-5-14(13)12-21-18(23)17-10-11-22(19(17)24)16-8-6-15(20)7-9-16/h2-9,17H,10-12H2,1H3,(H,21,23)/t17-/m0/s1. The van der Waals surface area contributed by atoms with Crippen LogP contribution in [0.3, 0.4) is 0 Å². The molecule has 1 aliphatic rings. The number of halogens is 1. The van der Waals surface area contributed by atoms with E-state index < -0.39 is 5.92 Å². The predicted molar refractivity (Wildman–Crippen MR) is 94.9 cm³/mol. The molecular formula is C19H19ClN2O2. The molecule has 1 N–H and O–H groups in total. The van der Waals surface area contributed by atoms with Gasteiger partial charge in [0.25, 0.3) is 0 Å². The largest absolute Gasteiger partial charge is 0.351 e. The molecular weight excluding hydrogens is 324 g/mol. The summed E-state index contributed by atoms with van der Waals surface area (Å²) in [6, 6.07) is 15.0. The number of carbonyl (C=O) groups excluding carboxylic acids is 2. The van der Waals surface area contributed by atoms with E-state index in [0.717, 1.165) is 16.8 Å². The molecule has 1 atom stereocenters. The van der Waals surface area contributed by atoms with E-state index in [9.17, 15) is 9.59 Å². The Morgan fingerprint density at radius 2 is 1.92 bits per heavy atom. The summed E-state index contributed by atoms with van der Waals surface area (Å²) in [5.41, 5.74) is 2.96. The molecule has 3 rings (SSSR count). The highest BCUT2D eigenvalue weighted by molar-refractivity contribution is 6.30. The number of anilines is 1. The number of aryl methyl sites for hydroxylation is 1. The third kappa shape index (κ3) is 3.44. The maximum atomic E-state index is 12.5. The second-order valence-corrected chi connectivity index (χ2v) is 6.39. The van der Waals surface area contributed by atoms with Crippen molar-refractivity contribution in [3.63, 3.8) is 0 Å². The van der Waals surface area contributed by atoms with Crippen LogP contribution in [-0.4, -0.2) is 18.4 Å². The summed E-state index contributed by atoms with van der Waals surface area (Å²) in [6.45, 7) is 2.99. The number of nitrogens with one attached hydrogen (secondary N) is 1. The van der Waals surface area contributed by atoms with Crippen LogP contribution in [0.15, 0.2) is 48.5 Å². The van der Waals surface area contributed by atoms with Crippen molar-refractivity contribution < 1.29 is 9.59 Å². The van der Waals surface area contributed by atoms with Crippen LogP contribution in [0.5, 0.6) is 0 Å². The first-order valence-electron chi connectivity index (χ1n) is 7.95. The molecule has 1 heterocycles. The second kappa shape index (κ2) is 7.05. The number of hydrogen-bond acceptors (Lipinski definition) is 2. The molecule has 0 unspecified atom stereocenters. The van der Waals surface area contributed by atoms with Crippen LogP contribution in [0.2, 0.25) is 5.02 Å². The number of rotatable bonds is 4. The first kappa shape index (κ1) is 16.5. The van der Waals surface area contributed by atoms with Crippen LogP contribution >= 0.6 is 11.6 Å². The summed E-state index contributed by atoms with van der Waals surface area (Å²) >= 11 is 5.88. The fourth-order valence-electron chi connectivity index (χ4n) is 2.91. The van der Waals surface area contributed by atoms with Crippen LogP contribution < -0.4 is 10.2 Å². The Morgan fingerprint density at radius 1 is 1.21 bits per heavy atom. The topological polar surface area (TPSA) is 49.4 Å². The van der Waals surface area contributed by atoms with E-state index in [1.54, 1.807) is 29.2 Å². The predicted octanol–water partition coefficient (Wildman–Crippen LogP) is 3.32. The Hall–Kier alpha value is -2.33. The molecule has 24 heavy (non-hydrogen) atoms. The number of hydrogen-bond donors (Lipinski definition) is 1. The minimum absolute atomic E-state index is 0.153. The summed E-state index contributed by atoms with van der Waals surface area (Å²) < 4.78 is 0. The quantitative estimate of drug-likeness (QED) is 0.866. The number of benzene rings is 2. The maximum Gasteiger partial charge on any atom is 0.239 e. The minimum Gasteiger partial charge on any atom is -0.351 e. The van der Waals surface area contributed by atoms with Crippen LogP contribution in [0.4, 0.5) is 5.69 Å². The van der Waals surface area contributed by atoms with Gasteiger partial charge in [-0.25, -0.2) is 0 Å². The highest BCUT2D eigenvalue weighted by Gasteiger charge is 2.37. The molecule has 0 aliphatic carbocycles. The van der Waals surface area contributed by atoms with E-state index in [0.29, 0.717) is 24.5 Å². The van der Waals surface area contributed by atoms with Crippen LogP contribution in [0.25, 0.3) is 0 Å². The molecule has 2 amide bonds. The Balaban J connectivity index is 1.63. The summed E-state index contributed by atoms with van der Waals surface area (Å²) in [6.07, 6.45) is 0.529. The smallest absolute Gasteiger partial charge is 0.239 e. The monoisotopic (exact) mass is 342 g/mol. The van der Waals surface area contributed by atoms with Crippen LogP contribution in [-0.2, 0) is 16.1 Å². The van der Waals surface area contributed by atoms with Gasteiger partial charge in [-0.2, -0.15) is 0 Å². The minimum atomic E-state index is -0.621. The molecule has 0 bridgehead atoms. The van der Waals surface area contributed by atoms with Gasteiger partial charge >= 0.3 is 0 Å². The normalized spacial score (nSPS) is 17.2. The zero-order chi connectivity index (χ0) is 17.1.